The van der Waals surface area contributed by atoms with E-state index in [1.54, 1.807) is 0 Å². The number of aliphatic carboxylic acids is 1. The standard InChI is InChI=1S/C14H26N2O4/c1-4-5-6-7-12(17)15-9-13(18)16-11(14(19)20)8-10(2)3/h10-11H,4-9H2,1-3H3,(H,15,17)(H,16,18)(H,19,20)/t11-/m0/s1. The van der Waals surface area contributed by atoms with Crippen LogP contribution < -0.4 is 10.6 Å². The number of nitrogens with one attached hydrogen (secondary N) is 2. The van der Waals surface area contributed by atoms with E-state index >= 15 is 0 Å². The number of carboxylic acids is 1. The minimum absolute atomic E-state index is 0.167. The Labute approximate surface area is 120 Å². The molecule has 0 aliphatic rings. The lowest BCUT2D eigenvalue weighted by molar-refractivity contribution is -0.142. The van der Waals surface area contributed by atoms with Gasteiger partial charge in [0.15, 0.2) is 0 Å². The van der Waals surface area contributed by atoms with E-state index in [0.29, 0.717) is 12.8 Å². The zero-order valence-electron chi connectivity index (χ0n) is 12.6. The maximum atomic E-state index is 11.6. The largest absolute Gasteiger partial charge is 0.480 e. The van der Waals surface area contributed by atoms with Crippen molar-refractivity contribution in [2.24, 2.45) is 5.92 Å². The lowest BCUT2D eigenvalue weighted by Gasteiger charge is -2.16. The van der Waals surface area contributed by atoms with Crippen LogP contribution in [-0.2, 0) is 14.4 Å². The summed E-state index contributed by atoms with van der Waals surface area (Å²) in [6.45, 7) is 5.65. The van der Waals surface area contributed by atoms with Crippen molar-refractivity contribution in [2.45, 2.75) is 58.9 Å². The third-order valence-corrected chi connectivity index (χ3v) is 2.79. The summed E-state index contributed by atoms with van der Waals surface area (Å²) in [6.07, 6.45) is 3.58. The van der Waals surface area contributed by atoms with E-state index in [2.05, 4.69) is 10.6 Å². The van der Waals surface area contributed by atoms with Gasteiger partial charge >= 0.3 is 5.97 Å². The SMILES string of the molecule is CCCCCC(=O)NCC(=O)N[C@@H](CC(C)C)C(=O)O. The monoisotopic (exact) mass is 286 g/mol. The fourth-order valence-corrected chi connectivity index (χ4v) is 1.74. The van der Waals surface area contributed by atoms with Gasteiger partial charge in [-0.15, -0.1) is 0 Å². The van der Waals surface area contributed by atoms with E-state index in [1.165, 1.54) is 0 Å². The number of carbonyl (C=O) groups excluding carboxylic acids is 2. The molecule has 0 radical (unpaired) electrons. The highest BCUT2D eigenvalue weighted by molar-refractivity contribution is 5.87. The van der Waals surface area contributed by atoms with Gasteiger partial charge in [0, 0.05) is 6.42 Å². The minimum Gasteiger partial charge on any atom is -0.480 e. The number of carbonyl (C=O) groups is 3. The Morgan fingerprint density at radius 2 is 1.75 bits per heavy atom. The van der Waals surface area contributed by atoms with E-state index < -0.39 is 17.9 Å². The van der Waals surface area contributed by atoms with Gasteiger partial charge in [-0.1, -0.05) is 33.6 Å². The van der Waals surface area contributed by atoms with E-state index in [9.17, 15) is 14.4 Å². The smallest absolute Gasteiger partial charge is 0.326 e. The average Bonchev–Trinajstić information content (AvgIpc) is 2.35. The molecule has 0 heterocycles. The van der Waals surface area contributed by atoms with Gasteiger partial charge in [0.25, 0.3) is 0 Å². The topological polar surface area (TPSA) is 95.5 Å². The van der Waals surface area contributed by atoms with Crippen LogP contribution in [0.15, 0.2) is 0 Å². The number of amides is 2. The van der Waals surface area contributed by atoms with Gasteiger partial charge in [-0.3, -0.25) is 9.59 Å². The zero-order valence-corrected chi connectivity index (χ0v) is 12.6. The maximum absolute atomic E-state index is 11.6. The molecule has 0 rings (SSSR count). The van der Waals surface area contributed by atoms with Gasteiger partial charge < -0.3 is 15.7 Å². The third kappa shape index (κ3) is 9.35. The first-order valence-corrected chi connectivity index (χ1v) is 7.15. The fraction of sp³-hybridized carbons (Fsp3) is 0.786. The lowest BCUT2D eigenvalue weighted by atomic mass is 10.0. The first-order valence-electron chi connectivity index (χ1n) is 7.15. The second-order valence-corrected chi connectivity index (χ2v) is 5.32. The predicted octanol–water partition coefficient (Wildman–Crippen LogP) is 1.30. The quantitative estimate of drug-likeness (QED) is 0.527. The Bertz CT molecular complexity index is 329. The molecule has 0 unspecified atom stereocenters. The molecule has 6 heteroatoms. The average molecular weight is 286 g/mol. The highest BCUT2D eigenvalue weighted by Crippen LogP contribution is 2.04. The maximum Gasteiger partial charge on any atom is 0.326 e. The summed E-state index contributed by atoms with van der Waals surface area (Å²) in [7, 11) is 0. The van der Waals surface area contributed by atoms with Crippen molar-refractivity contribution in [2.75, 3.05) is 6.54 Å². The molecule has 2 amide bonds. The molecule has 0 fully saturated rings. The van der Waals surface area contributed by atoms with Gasteiger partial charge in [-0.25, -0.2) is 4.79 Å². The molecule has 0 aromatic heterocycles. The number of carboxylic acid groups (broad SMARTS) is 1. The van der Waals surface area contributed by atoms with E-state index in [-0.39, 0.29) is 18.4 Å². The minimum atomic E-state index is -1.05. The van der Waals surface area contributed by atoms with Crippen molar-refractivity contribution in [3.05, 3.63) is 0 Å². The van der Waals surface area contributed by atoms with Crippen molar-refractivity contribution < 1.29 is 19.5 Å². The van der Waals surface area contributed by atoms with Gasteiger partial charge in [0.05, 0.1) is 6.54 Å². The molecule has 116 valence electrons. The van der Waals surface area contributed by atoms with Crippen molar-refractivity contribution in [3.8, 4) is 0 Å². The van der Waals surface area contributed by atoms with Crippen LogP contribution in [0.5, 0.6) is 0 Å². The number of hydrogen-bond acceptors (Lipinski definition) is 3. The molecule has 0 aromatic carbocycles. The molecule has 1 atom stereocenters. The summed E-state index contributed by atoms with van der Waals surface area (Å²) in [4.78, 5) is 34.0. The molecular weight excluding hydrogens is 260 g/mol. The Balaban J connectivity index is 4.01. The Hall–Kier alpha value is -1.59. The number of rotatable bonds is 10. The Morgan fingerprint density at radius 1 is 1.10 bits per heavy atom. The number of unbranched alkanes of at least 4 members (excludes halogenated alkanes) is 2. The predicted molar refractivity (Wildman–Crippen MR) is 76.2 cm³/mol. The third-order valence-electron chi connectivity index (χ3n) is 2.79. The van der Waals surface area contributed by atoms with Crippen LogP contribution in [0.3, 0.4) is 0 Å². The molecular formula is C14H26N2O4. The van der Waals surface area contributed by atoms with Gasteiger partial charge in [0.1, 0.15) is 6.04 Å². The van der Waals surface area contributed by atoms with Gasteiger partial charge in [-0.05, 0) is 18.8 Å². The van der Waals surface area contributed by atoms with Crippen LogP contribution in [0.1, 0.15) is 52.9 Å². The second kappa shape index (κ2) is 10.2. The van der Waals surface area contributed by atoms with Crippen LogP contribution >= 0.6 is 0 Å². The van der Waals surface area contributed by atoms with Crippen molar-refractivity contribution in [1.82, 2.24) is 10.6 Å². The summed E-state index contributed by atoms with van der Waals surface area (Å²) in [6, 6.07) is -0.903. The van der Waals surface area contributed by atoms with Crippen molar-refractivity contribution in [1.29, 1.82) is 0 Å². The van der Waals surface area contributed by atoms with E-state index in [4.69, 9.17) is 5.11 Å². The second-order valence-electron chi connectivity index (χ2n) is 5.32. The molecule has 6 nitrogen and oxygen atoms in total. The van der Waals surface area contributed by atoms with Crippen molar-refractivity contribution in [3.63, 3.8) is 0 Å². The Morgan fingerprint density at radius 3 is 2.25 bits per heavy atom. The fourth-order valence-electron chi connectivity index (χ4n) is 1.74. The summed E-state index contributed by atoms with van der Waals surface area (Å²) in [5, 5.41) is 13.9. The van der Waals surface area contributed by atoms with Crippen molar-refractivity contribution >= 4 is 17.8 Å². The normalized spacial score (nSPS) is 12.0. The first-order chi connectivity index (χ1) is 9.36. The summed E-state index contributed by atoms with van der Waals surface area (Å²) < 4.78 is 0. The summed E-state index contributed by atoms with van der Waals surface area (Å²) in [5.41, 5.74) is 0. The highest BCUT2D eigenvalue weighted by atomic mass is 16.4. The van der Waals surface area contributed by atoms with Crippen LogP contribution in [-0.4, -0.2) is 35.5 Å². The molecule has 0 aliphatic heterocycles. The lowest BCUT2D eigenvalue weighted by Crippen LogP contribution is -2.46. The van der Waals surface area contributed by atoms with E-state index in [1.807, 2.05) is 20.8 Å². The van der Waals surface area contributed by atoms with Gasteiger partial charge in [0.2, 0.25) is 11.8 Å². The molecule has 0 saturated carbocycles. The molecule has 0 saturated heterocycles. The molecule has 0 aromatic rings. The zero-order chi connectivity index (χ0) is 15.5. The molecule has 0 aliphatic carbocycles. The molecule has 0 spiro atoms. The first kappa shape index (κ1) is 18.4. The van der Waals surface area contributed by atoms with Crippen LogP contribution in [0.4, 0.5) is 0 Å². The Kier molecular flexibility index (Phi) is 9.41. The van der Waals surface area contributed by atoms with Crippen LogP contribution in [0.25, 0.3) is 0 Å². The van der Waals surface area contributed by atoms with Crippen LogP contribution in [0, 0.1) is 5.92 Å². The summed E-state index contributed by atoms with van der Waals surface area (Å²) in [5.74, 6) is -1.53. The summed E-state index contributed by atoms with van der Waals surface area (Å²) >= 11 is 0. The van der Waals surface area contributed by atoms with Gasteiger partial charge in [-0.2, -0.15) is 0 Å². The highest BCUT2D eigenvalue weighted by Gasteiger charge is 2.20. The van der Waals surface area contributed by atoms with Crippen LogP contribution in [0.2, 0.25) is 0 Å². The molecule has 0 bridgehead atoms. The number of hydrogen-bond donors (Lipinski definition) is 3. The van der Waals surface area contributed by atoms with E-state index in [0.717, 1.165) is 19.3 Å². The molecule has 20 heavy (non-hydrogen) atoms. The molecule has 3 N–H and O–H groups in total.